The van der Waals surface area contributed by atoms with Crippen molar-refractivity contribution in [2.24, 2.45) is 0 Å². The first-order chi connectivity index (χ1) is 10.2. The highest BCUT2D eigenvalue weighted by Crippen LogP contribution is 2.35. The van der Waals surface area contributed by atoms with Crippen LogP contribution in [0.1, 0.15) is 42.2 Å². The van der Waals surface area contributed by atoms with Gasteiger partial charge < -0.3 is 9.84 Å². The van der Waals surface area contributed by atoms with E-state index < -0.39 is 6.10 Å². The molecule has 2 nitrogen and oxygen atoms in total. The Morgan fingerprint density at radius 3 is 2.67 bits per heavy atom. The number of rotatable bonds is 4. The number of aliphatic hydroxyl groups is 1. The minimum atomic E-state index is -0.571. The topological polar surface area (TPSA) is 29.5 Å². The molecule has 0 aliphatic carbocycles. The van der Waals surface area contributed by atoms with Gasteiger partial charge in [-0.15, -0.1) is 0 Å². The van der Waals surface area contributed by atoms with Gasteiger partial charge in [-0.25, -0.2) is 0 Å². The van der Waals surface area contributed by atoms with Crippen molar-refractivity contribution in [1.82, 2.24) is 0 Å². The maximum absolute atomic E-state index is 10.8. The molecule has 1 aliphatic heterocycles. The Morgan fingerprint density at radius 2 is 1.95 bits per heavy atom. The number of aryl methyl sites for hydroxylation is 2. The molecule has 2 unspecified atom stereocenters. The first-order valence-corrected chi connectivity index (χ1v) is 7.77. The number of benzene rings is 2. The highest BCUT2D eigenvalue weighted by atomic mass is 16.5. The molecule has 2 atom stereocenters. The Morgan fingerprint density at radius 1 is 1.14 bits per heavy atom. The normalized spacial score (nSPS) is 18.1. The van der Waals surface area contributed by atoms with Crippen LogP contribution in [0.3, 0.4) is 0 Å². The van der Waals surface area contributed by atoms with Crippen LogP contribution < -0.4 is 4.74 Å². The van der Waals surface area contributed by atoms with Gasteiger partial charge in [0.15, 0.2) is 0 Å². The molecule has 0 radical (unpaired) electrons. The summed E-state index contributed by atoms with van der Waals surface area (Å²) < 4.78 is 5.95. The molecule has 2 heteroatoms. The first kappa shape index (κ1) is 14.2. The quantitative estimate of drug-likeness (QED) is 0.923. The molecule has 0 saturated carbocycles. The fourth-order valence-electron chi connectivity index (χ4n) is 3.05. The summed E-state index contributed by atoms with van der Waals surface area (Å²) in [7, 11) is 0. The molecule has 0 amide bonds. The van der Waals surface area contributed by atoms with Gasteiger partial charge in [0.2, 0.25) is 0 Å². The van der Waals surface area contributed by atoms with E-state index in [4.69, 9.17) is 4.74 Å². The number of hydrogen-bond acceptors (Lipinski definition) is 2. The summed E-state index contributed by atoms with van der Waals surface area (Å²) in [5.41, 5.74) is 4.68. The molecule has 1 aliphatic rings. The molecule has 0 aromatic heterocycles. The third kappa shape index (κ3) is 2.68. The molecule has 0 fully saturated rings. The van der Waals surface area contributed by atoms with Crippen molar-refractivity contribution < 1.29 is 9.84 Å². The molecule has 0 bridgehead atoms. The minimum absolute atomic E-state index is 0.181. The standard InChI is InChI=1S/C19H22O2/c1-3-13-9-10-14(4-2)16(11-13)19(20)18-12-15-7-5-6-8-17(15)21-18/h5-11,18-20H,3-4,12H2,1-2H3. The van der Waals surface area contributed by atoms with Gasteiger partial charge in [0, 0.05) is 6.42 Å². The van der Waals surface area contributed by atoms with E-state index in [1.165, 1.54) is 16.7 Å². The summed E-state index contributed by atoms with van der Waals surface area (Å²) in [6.07, 6.45) is 1.93. The Bertz CT molecular complexity index is 608. The summed E-state index contributed by atoms with van der Waals surface area (Å²) >= 11 is 0. The smallest absolute Gasteiger partial charge is 0.133 e. The average Bonchev–Trinajstić information content (AvgIpc) is 2.97. The molecule has 1 N–H and O–H groups in total. The summed E-state index contributed by atoms with van der Waals surface area (Å²) in [5, 5.41) is 10.8. The second kappa shape index (κ2) is 5.90. The monoisotopic (exact) mass is 282 g/mol. The SMILES string of the molecule is CCc1ccc(CC)c(C(O)C2Cc3ccccc3O2)c1. The molecule has 1 heterocycles. The van der Waals surface area contributed by atoms with E-state index in [1.54, 1.807) is 0 Å². The predicted molar refractivity (Wildman–Crippen MR) is 84.7 cm³/mol. The van der Waals surface area contributed by atoms with Crippen LogP contribution in [-0.4, -0.2) is 11.2 Å². The van der Waals surface area contributed by atoms with E-state index in [0.29, 0.717) is 0 Å². The van der Waals surface area contributed by atoms with Crippen LogP contribution in [0.25, 0.3) is 0 Å². The fourth-order valence-corrected chi connectivity index (χ4v) is 3.05. The van der Waals surface area contributed by atoms with Crippen LogP contribution in [0.15, 0.2) is 42.5 Å². The number of ether oxygens (including phenoxy) is 1. The highest BCUT2D eigenvalue weighted by Gasteiger charge is 2.30. The summed E-state index contributed by atoms with van der Waals surface area (Å²) in [6, 6.07) is 14.5. The van der Waals surface area contributed by atoms with Crippen LogP contribution in [0.4, 0.5) is 0 Å². The van der Waals surface area contributed by atoms with Gasteiger partial charge in [0.05, 0.1) is 0 Å². The largest absolute Gasteiger partial charge is 0.487 e. The maximum Gasteiger partial charge on any atom is 0.133 e. The Hall–Kier alpha value is -1.80. The third-order valence-electron chi connectivity index (χ3n) is 4.34. The number of aliphatic hydroxyl groups excluding tert-OH is 1. The highest BCUT2D eigenvalue weighted by molar-refractivity contribution is 5.40. The lowest BCUT2D eigenvalue weighted by molar-refractivity contribution is 0.0486. The van der Waals surface area contributed by atoms with E-state index in [1.807, 2.05) is 18.2 Å². The first-order valence-electron chi connectivity index (χ1n) is 7.77. The van der Waals surface area contributed by atoms with E-state index in [9.17, 15) is 5.11 Å². The zero-order chi connectivity index (χ0) is 14.8. The van der Waals surface area contributed by atoms with Gasteiger partial charge in [-0.1, -0.05) is 50.2 Å². The van der Waals surface area contributed by atoms with Gasteiger partial charge in [-0.05, 0) is 41.2 Å². The predicted octanol–water partition coefficient (Wildman–Crippen LogP) is 3.85. The second-order valence-electron chi connectivity index (χ2n) is 5.65. The second-order valence-corrected chi connectivity index (χ2v) is 5.65. The Labute approximate surface area is 126 Å². The molecular weight excluding hydrogens is 260 g/mol. The number of hydrogen-bond donors (Lipinski definition) is 1. The molecule has 21 heavy (non-hydrogen) atoms. The molecule has 2 aromatic rings. The van der Waals surface area contributed by atoms with Gasteiger partial charge in [0.25, 0.3) is 0 Å². The summed E-state index contributed by atoms with van der Waals surface area (Å²) in [5.74, 6) is 0.909. The van der Waals surface area contributed by atoms with Crippen molar-refractivity contribution in [3.63, 3.8) is 0 Å². The zero-order valence-corrected chi connectivity index (χ0v) is 12.7. The van der Waals surface area contributed by atoms with Crippen molar-refractivity contribution >= 4 is 0 Å². The van der Waals surface area contributed by atoms with Crippen LogP contribution in [0, 0.1) is 0 Å². The molecule has 0 saturated heterocycles. The number of fused-ring (bicyclic) bond motifs is 1. The van der Waals surface area contributed by atoms with Crippen LogP contribution in [0.5, 0.6) is 5.75 Å². The van der Waals surface area contributed by atoms with Crippen molar-refractivity contribution in [1.29, 1.82) is 0 Å². The zero-order valence-electron chi connectivity index (χ0n) is 12.7. The van der Waals surface area contributed by atoms with Gasteiger partial charge in [0.1, 0.15) is 18.0 Å². The maximum atomic E-state index is 10.8. The summed E-state index contributed by atoms with van der Waals surface area (Å²) in [4.78, 5) is 0. The molecule has 2 aromatic carbocycles. The Balaban J connectivity index is 1.88. The van der Waals surface area contributed by atoms with E-state index in [2.05, 4.69) is 38.1 Å². The lowest BCUT2D eigenvalue weighted by Crippen LogP contribution is -2.24. The van der Waals surface area contributed by atoms with E-state index in [-0.39, 0.29) is 6.10 Å². The third-order valence-corrected chi connectivity index (χ3v) is 4.34. The minimum Gasteiger partial charge on any atom is -0.487 e. The molecule has 0 spiro atoms. The Kier molecular flexibility index (Phi) is 3.98. The van der Waals surface area contributed by atoms with Gasteiger partial charge in [-0.2, -0.15) is 0 Å². The molecule has 110 valence electrons. The van der Waals surface area contributed by atoms with E-state index in [0.717, 1.165) is 30.6 Å². The van der Waals surface area contributed by atoms with Crippen molar-refractivity contribution in [2.75, 3.05) is 0 Å². The fraction of sp³-hybridized carbons (Fsp3) is 0.368. The summed E-state index contributed by atoms with van der Waals surface area (Å²) in [6.45, 7) is 4.26. The van der Waals surface area contributed by atoms with Crippen LogP contribution in [-0.2, 0) is 19.3 Å². The molecular formula is C19H22O2. The van der Waals surface area contributed by atoms with Crippen LogP contribution in [0.2, 0.25) is 0 Å². The molecule has 3 rings (SSSR count). The van der Waals surface area contributed by atoms with Crippen molar-refractivity contribution in [3.8, 4) is 5.75 Å². The van der Waals surface area contributed by atoms with Gasteiger partial charge >= 0.3 is 0 Å². The van der Waals surface area contributed by atoms with Crippen LogP contribution >= 0.6 is 0 Å². The van der Waals surface area contributed by atoms with Crippen molar-refractivity contribution in [2.45, 2.75) is 45.3 Å². The van der Waals surface area contributed by atoms with Gasteiger partial charge in [-0.3, -0.25) is 0 Å². The lowest BCUT2D eigenvalue weighted by atomic mass is 9.93. The average molecular weight is 282 g/mol. The lowest BCUT2D eigenvalue weighted by Gasteiger charge is -2.21. The number of para-hydroxylation sites is 1. The van der Waals surface area contributed by atoms with E-state index >= 15 is 0 Å². The van der Waals surface area contributed by atoms with Crippen molar-refractivity contribution in [3.05, 3.63) is 64.7 Å².